The molecule has 0 saturated heterocycles. The molecule has 0 radical (unpaired) electrons. The summed E-state index contributed by atoms with van der Waals surface area (Å²) in [6, 6.07) is 19.3. The molecule has 0 atom stereocenters. The Kier molecular flexibility index (Phi) is 5.59. The summed E-state index contributed by atoms with van der Waals surface area (Å²) >= 11 is 1.37. The first-order valence-corrected chi connectivity index (χ1v) is 10.3. The molecule has 0 saturated carbocycles. The van der Waals surface area contributed by atoms with Crippen LogP contribution in [0, 0.1) is 0 Å². The van der Waals surface area contributed by atoms with Gasteiger partial charge in [0.05, 0.1) is 29.3 Å². The predicted molar refractivity (Wildman–Crippen MR) is 120 cm³/mol. The van der Waals surface area contributed by atoms with Crippen molar-refractivity contribution in [2.24, 2.45) is 4.99 Å². The second-order valence-corrected chi connectivity index (χ2v) is 7.79. The topological polar surface area (TPSA) is 60.7 Å². The SMILES string of the molecule is C=CCn1c(=NC(=O)Cc2cccc3ccccc23)sc2cc(C(=O)OC)ccc21. The first kappa shape index (κ1) is 19.8. The number of aromatic nitrogens is 1. The fraction of sp³-hybridized carbons (Fsp3) is 0.125. The number of ether oxygens (including phenoxy) is 1. The number of benzene rings is 3. The zero-order valence-electron chi connectivity index (χ0n) is 16.5. The summed E-state index contributed by atoms with van der Waals surface area (Å²) < 4.78 is 7.58. The molecule has 1 aromatic heterocycles. The smallest absolute Gasteiger partial charge is 0.337 e. The molecule has 1 amide bonds. The predicted octanol–water partition coefficient (Wildman–Crippen LogP) is 4.50. The first-order chi connectivity index (χ1) is 14.6. The molecule has 0 fully saturated rings. The van der Waals surface area contributed by atoms with Gasteiger partial charge >= 0.3 is 5.97 Å². The van der Waals surface area contributed by atoms with E-state index in [1.807, 2.05) is 53.1 Å². The monoisotopic (exact) mass is 416 g/mol. The number of hydrogen-bond acceptors (Lipinski definition) is 4. The number of methoxy groups -OCH3 is 1. The molecule has 5 nitrogen and oxygen atoms in total. The Morgan fingerprint density at radius 3 is 2.73 bits per heavy atom. The van der Waals surface area contributed by atoms with E-state index in [2.05, 4.69) is 11.6 Å². The van der Waals surface area contributed by atoms with Crippen molar-refractivity contribution >= 4 is 44.2 Å². The third kappa shape index (κ3) is 3.82. The van der Waals surface area contributed by atoms with Crippen molar-refractivity contribution in [3.63, 3.8) is 0 Å². The highest BCUT2D eigenvalue weighted by Crippen LogP contribution is 2.21. The minimum Gasteiger partial charge on any atom is -0.465 e. The van der Waals surface area contributed by atoms with Crippen molar-refractivity contribution < 1.29 is 14.3 Å². The van der Waals surface area contributed by atoms with E-state index in [0.29, 0.717) is 16.9 Å². The zero-order chi connectivity index (χ0) is 21.1. The van der Waals surface area contributed by atoms with Gasteiger partial charge < -0.3 is 9.30 Å². The second kappa shape index (κ2) is 8.47. The standard InChI is InChI=1S/C24H20N2O3S/c1-3-13-26-20-12-11-18(23(28)29-2)14-21(20)30-24(26)25-22(27)15-17-9-6-8-16-7-4-5-10-19(16)17/h3-12,14H,1,13,15H2,2H3. The fourth-order valence-corrected chi connectivity index (χ4v) is 4.56. The van der Waals surface area contributed by atoms with Crippen LogP contribution < -0.4 is 4.80 Å². The highest BCUT2D eigenvalue weighted by Gasteiger charge is 2.12. The molecule has 0 N–H and O–H groups in total. The summed E-state index contributed by atoms with van der Waals surface area (Å²) in [4.78, 5) is 29.6. The molecular weight excluding hydrogens is 396 g/mol. The Hall–Kier alpha value is -3.51. The first-order valence-electron chi connectivity index (χ1n) is 9.47. The molecule has 0 aliphatic carbocycles. The summed E-state index contributed by atoms with van der Waals surface area (Å²) in [5, 5.41) is 2.16. The lowest BCUT2D eigenvalue weighted by Crippen LogP contribution is -2.17. The lowest BCUT2D eigenvalue weighted by Gasteiger charge is -2.04. The third-order valence-corrected chi connectivity index (χ3v) is 5.90. The highest BCUT2D eigenvalue weighted by atomic mass is 32.1. The van der Waals surface area contributed by atoms with Crippen LogP contribution in [-0.2, 0) is 22.5 Å². The molecule has 4 rings (SSSR count). The molecule has 4 aromatic rings. The average Bonchev–Trinajstić information content (AvgIpc) is 3.09. The molecule has 0 aliphatic rings. The summed E-state index contributed by atoms with van der Waals surface area (Å²) in [6.45, 7) is 4.32. The van der Waals surface area contributed by atoms with Crippen LogP contribution in [0.4, 0.5) is 0 Å². The van der Waals surface area contributed by atoms with Gasteiger partial charge in [0.2, 0.25) is 0 Å². The largest absolute Gasteiger partial charge is 0.465 e. The van der Waals surface area contributed by atoms with Gasteiger partial charge in [-0.25, -0.2) is 4.79 Å². The van der Waals surface area contributed by atoms with Crippen molar-refractivity contribution in [1.82, 2.24) is 4.57 Å². The van der Waals surface area contributed by atoms with Crippen molar-refractivity contribution in [2.45, 2.75) is 13.0 Å². The van der Waals surface area contributed by atoms with Crippen molar-refractivity contribution in [2.75, 3.05) is 7.11 Å². The van der Waals surface area contributed by atoms with Crippen LogP contribution in [0.2, 0.25) is 0 Å². The number of allylic oxidation sites excluding steroid dienone is 1. The van der Waals surface area contributed by atoms with Crippen LogP contribution >= 0.6 is 11.3 Å². The Balaban J connectivity index is 1.75. The maximum Gasteiger partial charge on any atom is 0.337 e. The van der Waals surface area contributed by atoms with Crippen molar-refractivity contribution in [1.29, 1.82) is 0 Å². The summed E-state index contributed by atoms with van der Waals surface area (Å²) in [5.41, 5.74) is 2.31. The highest BCUT2D eigenvalue weighted by molar-refractivity contribution is 7.16. The lowest BCUT2D eigenvalue weighted by molar-refractivity contribution is -0.117. The quantitative estimate of drug-likeness (QED) is 0.356. The van der Waals surface area contributed by atoms with Gasteiger partial charge in [0.15, 0.2) is 4.80 Å². The third-order valence-electron chi connectivity index (χ3n) is 4.86. The molecule has 30 heavy (non-hydrogen) atoms. The van der Waals surface area contributed by atoms with Gasteiger partial charge in [-0.1, -0.05) is 59.9 Å². The van der Waals surface area contributed by atoms with Gasteiger partial charge in [0, 0.05) is 6.54 Å². The van der Waals surface area contributed by atoms with E-state index in [-0.39, 0.29) is 12.3 Å². The van der Waals surface area contributed by atoms with E-state index in [1.54, 1.807) is 18.2 Å². The van der Waals surface area contributed by atoms with E-state index >= 15 is 0 Å². The van der Waals surface area contributed by atoms with Crippen LogP contribution in [0.25, 0.3) is 21.0 Å². The van der Waals surface area contributed by atoms with Gasteiger partial charge in [-0.05, 0) is 34.5 Å². The van der Waals surface area contributed by atoms with Gasteiger partial charge in [-0.15, -0.1) is 6.58 Å². The van der Waals surface area contributed by atoms with Gasteiger partial charge in [-0.2, -0.15) is 4.99 Å². The molecule has 0 bridgehead atoms. The molecule has 150 valence electrons. The Bertz CT molecular complexity index is 1340. The maximum atomic E-state index is 12.8. The number of esters is 1. The van der Waals surface area contributed by atoms with Crippen LogP contribution in [0.5, 0.6) is 0 Å². The second-order valence-electron chi connectivity index (χ2n) is 6.78. The van der Waals surface area contributed by atoms with Crippen LogP contribution in [-0.4, -0.2) is 23.6 Å². The van der Waals surface area contributed by atoms with Crippen LogP contribution in [0.1, 0.15) is 15.9 Å². The minimum absolute atomic E-state index is 0.219. The number of fused-ring (bicyclic) bond motifs is 2. The Labute approximate surface area is 177 Å². The normalized spacial score (nSPS) is 11.7. The number of amides is 1. The number of thiazole rings is 1. The molecule has 0 unspecified atom stereocenters. The molecule has 0 aliphatic heterocycles. The maximum absolute atomic E-state index is 12.8. The van der Waals surface area contributed by atoms with Gasteiger partial charge in [0.1, 0.15) is 0 Å². The van der Waals surface area contributed by atoms with Crippen LogP contribution in [0.3, 0.4) is 0 Å². The lowest BCUT2D eigenvalue weighted by atomic mass is 10.0. The van der Waals surface area contributed by atoms with E-state index < -0.39 is 5.97 Å². The molecular formula is C24H20N2O3S. The molecule has 1 heterocycles. The van der Waals surface area contributed by atoms with E-state index in [9.17, 15) is 9.59 Å². The molecule has 6 heteroatoms. The Morgan fingerprint density at radius 2 is 1.93 bits per heavy atom. The summed E-state index contributed by atoms with van der Waals surface area (Å²) in [6.07, 6.45) is 1.98. The van der Waals surface area contributed by atoms with Gasteiger partial charge in [0.25, 0.3) is 5.91 Å². The van der Waals surface area contributed by atoms with Crippen molar-refractivity contribution in [3.8, 4) is 0 Å². The number of hydrogen-bond donors (Lipinski definition) is 0. The minimum atomic E-state index is -0.397. The number of carbonyl (C=O) groups excluding carboxylic acids is 2. The van der Waals surface area contributed by atoms with Gasteiger partial charge in [-0.3, -0.25) is 4.79 Å². The number of rotatable bonds is 5. The fourth-order valence-electron chi connectivity index (χ4n) is 3.46. The number of nitrogens with zero attached hydrogens (tertiary/aromatic N) is 2. The summed E-state index contributed by atoms with van der Waals surface area (Å²) in [5.74, 6) is -0.616. The van der Waals surface area contributed by atoms with E-state index in [0.717, 1.165) is 26.6 Å². The number of carbonyl (C=O) groups is 2. The van der Waals surface area contributed by atoms with Crippen molar-refractivity contribution in [3.05, 3.63) is 89.2 Å². The van der Waals surface area contributed by atoms with Crippen LogP contribution in [0.15, 0.2) is 78.3 Å². The average molecular weight is 417 g/mol. The molecule has 3 aromatic carbocycles. The van der Waals surface area contributed by atoms with E-state index in [1.165, 1.54) is 18.4 Å². The van der Waals surface area contributed by atoms with E-state index in [4.69, 9.17) is 4.74 Å². The zero-order valence-corrected chi connectivity index (χ0v) is 17.3. The summed E-state index contributed by atoms with van der Waals surface area (Å²) in [7, 11) is 1.35. The molecule has 0 spiro atoms. The Morgan fingerprint density at radius 1 is 1.13 bits per heavy atom.